The molecule has 7 nitrogen and oxygen atoms in total. The van der Waals surface area contributed by atoms with Gasteiger partial charge in [0.15, 0.2) is 5.76 Å². The first-order valence-corrected chi connectivity index (χ1v) is 11.0. The quantitative estimate of drug-likeness (QED) is 0.602. The van der Waals surface area contributed by atoms with Crippen LogP contribution in [0.4, 0.5) is 5.69 Å². The number of hydrogen-bond donors (Lipinski definition) is 1. The summed E-state index contributed by atoms with van der Waals surface area (Å²) in [5.74, 6) is 0.938. The molecule has 0 atom stereocenters. The first-order chi connectivity index (χ1) is 15.3. The monoisotopic (exact) mass is 419 g/mol. The number of piperazine rings is 1. The van der Waals surface area contributed by atoms with Gasteiger partial charge >= 0.3 is 0 Å². The van der Waals surface area contributed by atoms with Gasteiger partial charge in [-0.25, -0.2) is 0 Å². The van der Waals surface area contributed by atoms with Crippen molar-refractivity contribution in [2.24, 2.45) is 0 Å². The molecular weight excluding hydrogens is 390 g/mol. The van der Waals surface area contributed by atoms with Gasteiger partial charge in [-0.1, -0.05) is 23.4 Å². The van der Waals surface area contributed by atoms with Crippen LogP contribution < -0.4 is 10.2 Å². The fourth-order valence-electron chi connectivity index (χ4n) is 4.29. The maximum atomic E-state index is 5.67. The van der Waals surface area contributed by atoms with Crippen LogP contribution in [-0.2, 0) is 24.2 Å². The minimum Gasteiger partial charge on any atom is -0.377 e. The average molecular weight is 420 g/mol. The molecule has 2 saturated heterocycles. The molecule has 3 aromatic rings. The van der Waals surface area contributed by atoms with Crippen LogP contribution in [0.5, 0.6) is 0 Å². The third kappa shape index (κ3) is 4.95. The normalized spacial score (nSPS) is 18.6. The maximum Gasteiger partial charge on any atom is 0.150 e. The molecule has 2 fully saturated rings. The second-order valence-corrected chi connectivity index (χ2v) is 8.54. The molecule has 2 aromatic heterocycles. The number of nitrogens with zero attached hydrogens (tertiary/aromatic N) is 4. The highest BCUT2D eigenvalue weighted by Gasteiger charge is 2.39. The van der Waals surface area contributed by atoms with Crippen LogP contribution in [0, 0.1) is 0 Å². The maximum absolute atomic E-state index is 5.67. The molecule has 1 N–H and O–H groups in total. The number of ether oxygens (including phenoxy) is 1. The Morgan fingerprint density at radius 2 is 1.74 bits per heavy atom. The van der Waals surface area contributed by atoms with E-state index in [1.807, 2.05) is 24.5 Å². The third-order valence-corrected chi connectivity index (χ3v) is 6.17. The number of pyridine rings is 1. The molecule has 2 aliphatic heterocycles. The van der Waals surface area contributed by atoms with Gasteiger partial charge in [-0.2, -0.15) is 0 Å². The van der Waals surface area contributed by atoms with E-state index in [1.165, 1.54) is 11.3 Å². The standard InChI is InChI=1S/C24H29N5O2/c1-2-4-22(5-3-1)29-12-10-28(11-13-29)17-23-14-21(27-31-23)15-24(18-30-19-24)26-16-20-6-8-25-9-7-20/h1-9,14,26H,10-13,15-19H2. The molecule has 0 radical (unpaired) electrons. The first kappa shape index (κ1) is 20.2. The smallest absolute Gasteiger partial charge is 0.150 e. The topological polar surface area (TPSA) is 66.7 Å². The molecule has 0 spiro atoms. The Morgan fingerprint density at radius 3 is 2.45 bits per heavy atom. The highest BCUT2D eigenvalue weighted by Crippen LogP contribution is 2.24. The van der Waals surface area contributed by atoms with E-state index in [-0.39, 0.29) is 5.54 Å². The number of hydrogen-bond acceptors (Lipinski definition) is 7. The zero-order chi connectivity index (χ0) is 20.9. The van der Waals surface area contributed by atoms with Gasteiger partial charge in [0.2, 0.25) is 0 Å². The van der Waals surface area contributed by atoms with Gasteiger partial charge in [-0.15, -0.1) is 0 Å². The Kier molecular flexibility index (Phi) is 5.97. The number of rotatable bonds is 8. The van der Waals surface area contributed by atoms with E-state index in [2.05, 4.69) is 61.7 Å². The van der Waals surface area contributed by atoms with Crippen LogP contribution in [-0.4, -0.2) is 60.0 Å². The predicted octanol–water partition coefficient (Wildman–Crippen LogP) is 2.49. The van der Waals surface area contributed by atoms with E-state index in [9.17, 15) is 0 Å². The van der Waals surface area contributed by atoms with Crippen molar-refractivity contribution in [3.8, 4) is 0 Å². The van der Waals surface area contributed by atoms with Gasteiger partial charge in [0.25, 0.3) is 0 Å². The number of benzene rings is 1. The summed E-state index contributed by atoms with van der Waals surface area (Å²) >= 11 is 0. The molecule has 31 heavy (non-hydrogen) atoms. The molecule has 0 amide bonds. The molecule has 2 aliphatic rings. The molecule has 0 saturated carbocycles. The van der Waals surface area contributed by atoms with Crippen molar-refractivity contribution in [2.75, 3.05) is 44.3 Å². The van der Waals surface area contributed by atoms with Crippen molar-refractivity contribution in [1.29, 1.82) is 0 Å². The summed E-state index contributed by atoms with van der Waals surface area (Å²) in [4.78, 5) is 8.96. The number of anilines is 1. The Labute approximate surface area is 183 Å². The lowest BCUT2D eigenvalue weighted by atomic mass is 9.91. The molecular formula is C24H29N5O2. The molecule has 4 heterocycles. The Balaban J connectivity index is 1.12. The largest absolute Gasteiger partial charge is 0.377 e. The summed E-state index contributed by atoms with van der Waals surface area (Å²) in [7, 11) is 0. The summed E-state index contributed by atoms with van der Waals surface area (Å²) in [6.07, 6.45) is 4.46. The van der Waals surface area contributed by atoms with Crippen molar-refractivity contribution in [1.82, 2.24) is 20.4 Å². The van der Waals surface area contributed by atoms with E-state index in [1.54, 1.807) is 0 Å². The van der Waals surface area contributed by atoms with E-state index < -0.39 is 0 Å². The van der Waals surface area contributed by atoms with Crippen LogP contribution >= 0.6 is 0 Å². The second kappa shape index (κ2) is 9.18. The first-order valence-electron chi connectivity index (χ1n) is 11.0. The Bertz CT molecular complexity index is 950. The van der Waals surface area contributed by atoms with Crippen LogP contribution in [0.3, 0.4) is 0 Å². The summed E-state index contributed by atoms with van der Waals surface area (Å²) in [6.45, 7) is 7.11. The SMILES string of the molecule is c1ccc(N2CCN(Cc3cc(CC4(NCc5ccncc5)COC4)no3)CC2)cc1. The molecule has 5 rings (SSSR count). The summed E-state index contributed by atoms with van der Waals surface area (Å²) in [5, 5.41) is 8.01. The fraction of sp³-hybridized carbons (Fsp3) is 0.417. The van der Waals surface area contributed by atoms with Crippen LogP contribution in [0.2, 0.25) is 0 Å². The molecule has 0 bridgehead atoms. The van der Waals surface area contributed by atoms with E-state index >= 15 is 0 Å². The number of nitrogens with one attached hydrogen (secondary N) is 1. The number of aromatic nitrogens is 2. The zero-order valence-corrected chi connectivity index (χ0v) is 17.7. The van der Waals surface area contributed by atoms with Crippen molar-refractivity contribution >= 4 is 5.69 Å². The molecule has 7 heteroatoms. The van der Waals surface area contributed by atoms with Crippen molar-refractivity contribution in [3.63, 3.8) is 0 Å². The minimum atomic E-state index is -0.0707. The van der Waals surface area contributed by atoms with Gasteiger partial charge < -0.3 is 19.5 Å². The Morgan fingerprint density at radius 1 is 0.968 bits per heavy atom. The van der Waals surface area contributed by atoms with Gasteiger partial charge in [0.05, 0.1) is 31.0 Å². The minimum absolute atomic E-state index is 0.0707. The highest BCUT2D eigenvalue weighted by molar-refractivity contribution is 5.46. The Hall–Kier alpha value is -2.74. The fourth-order valence-corrected chi connectivity index (χ4v) is 4.29. The third-order valence-electron chi connectivity index (χ3n) is 6.17. The average Bonchev–Trinajstić information content (AvgIpc) is 3.24. The van der Waals surface area contributed by atoms with Crippen LogP contribution in [0.25, 0.3) is 0 Å². The van der Waals surface area contributed by atoms with Crippen LogP contribution in [0.1, 0.15) is 17.0 Å². The lowest BCUT2D eigenvalue weighted by Gasteiger charge is -2.42. The van der Waals surface area contributed by atoms with Gasteiger partial charge in [-0.3, -0.25) is 9.88 Å². The number of para-hydroxylation sites is 1. The molecule has 0 unspecified atom stereocenters. The molecule has 1 aromatic carbocycles. The predicted molar refractivity (Wildman–Crippen MR) is 119 cm³/mol. The summed E-state index contributed by atoms with van der Waals surface area (Å²) in [6, 6.07) is 16.8. The van der Waals surface area contributed by atoms with Crippen LogP contribution in [0.15, 0.2) is 65.4 Å². The molecule has 0 aliphatic carbocycles. The van der Waals surface area contributed by atoms with Crippen molar-refractivity contribution in [3.05, 3.63) is 77.9 Å². The molecule has 162 valence electrons. The van der Waals surface area contributed by atoms with Gasteiger partial charge in [0.1, 0.15) is 0 Å². The van der Waals surface area contributed by atoms with E-state index in [0.29, 0.717) is 13.2 Å². The van der Waals surface area contributed by atoms with Gasteiger partial charge in [-0.05, 0) is 29.8 Å². The lowest BCUT2D eigenvalue weighted by molar-refractivity contribution is -0.0755. The van der Waals surface area contributed by atoms with Crippen molar-refractivity contribution in [2.45, 2.75) is 25.0 Å². The van der Waals surface area contributed by atoms with Crippen molar-refractivity contribution < 1.29 is 9.26 Å². The van der Waals surface area contributed by atoms with E-state index in [0.717, 1.165) is 57.1 Å². The highest BCUT2D eigenvalue weighted by atomic mass is 16.5. The second-order valence-electron chi connectivity index (χ2n) is 8.54. The lowest BCUT2D eigenvalue weighted by Crippen LogP contribution is -2.61. The summed E-state index contributed by atoms with van der Waals surface area (Å²) in [5.41, 5.74) is 3.44. The zero-order valence-electron chi connectivity index (χ0n) is 17.7. The summed E-state index contributed by atoms with van der Waals surface area (Å²) < 4.78 is 11.2. The van der Waals surface area contributed by atoms with E-state index in [4.69, 9.17) is 9.26 Å². The van der Waals surface area contributed by atoms with Gasteiger partial charge in [0, 0.05) is 63.3 Å².